The first kappa shape index (κ1) is 13.3. The van der Waals surface area contributed by atoms with Crippen molar-refractivity contribution >= 4 is 28.8 Å². The van der Waals surface area contributed by atoms with Gasteiger partial charge in [-0.15, -0.1) is 0 Å². The second-order valence-corrected chi connectivity index (χ2v) is 5.31. The molecule has 0 aliphatic rings. The third kappa shape index (κ3) is 3.43. The quantitative estimate of drug-likeness (QED) is 0.840. The molecule has 0 radical (unpaired) electrons. The van der Waals surface area contributed by atoms with Gasteiger partial charge >= 0.3 is 0 Å². The molecule has 0 spiro atoms. The molecule has 2 heterocycles. The van der Waals surface area contributed by atoms with Gasteiger partial charge in [0.15, 0.2) is 0 Å². The predicted molar refractivity (Wildman–Crippen MR) is 77.4 cm³/mol. The molecule has 96 valence electrons. The third-order valence-corrected chi connectivity index (χ3v) is 3.74. The molecule has 0 amide bonds. The van der Waals surface area contributed by atoms with Crippen molar-refractivity contribution in [3.63, 3.8) is 0 Å². The van der Waals surface area contributed by atoms with Crippen molar-refractivity contribution < 1.29 is 0 Å². The van der Waals surface area contributed by atoms with E-state index in [2.05, 4.69) is 39.9 Å². The number of rotatable bonds is 5. The molecule has 0 unspecified atom stereocenters. The molecule has 0 aromatic carbocycles. The van der Waals surface area contributed by atoms with Crippen molar-refractivity contribution in [3.05, 3.63) is 38.9 Å². The van der Waals surface area contributed by atoms with Crippen LogP contribution in [0, 0.1) is 6.92 Å². The Morgan fingerprint density at radius 1 is 1.33 bits per heavy atom. The molecule has 0 atom stereocenters. The summed E-state index contributed by atoms with van der Waals surface area (Å²) in [5.41, 5.74) is 2.60. The van der Waals surface area contributed by atoms with Crippen molar-refractivity contribution in [2.45, 2.75) is 33.2 Å². The van der Waals surface area contributed by atoms with Crippen LogP contribution in [0.25, 0.3) is 0 Å². The molecular formula is C13H16ClN3S. The van der Waals surface area contributed by atoms with Crippen LogP contribution in [-0.2, 0) is 13.0 Å². The number of aromatic nitrogens is 2. The van der Waals surface area contributed by atoms with Crippen LogP contribution in [0.3, 0.4) is 0 Å². The molecule has 0 saturated heterocycles. The van der Waals surface area contributed by atoms with Crippen LogP contribution in [-0.4, -0.2) is 9.97 Å². The largest absolute Gasteiger partial charge is 0.366 e. The molecular weight excluding hydrogens is 266 g/mol. The summed E-state index contributed by atoms with van der Waals surface area (Å²) in [6.45, 7) is 4.99. The topological polar surface area (TPSA) is 37.8 Å². The van der Waals surface area contributed by atoms with Gasteiger partial charge in [0.1, 0.15) is 16.8 Å². The molecule has 2 rings (SSSR count). The summed E-state index contributed by atoms with van der Waals surface area (Å²) in [6, 6.07) is 1.77. The van der Waals surface area contributed by atoms with E-state index in [-0.39, 0.29) is 0 Å². The van der Waals surface area contributed by atoms with E-state index < -0.39 is 0 Å². The maximum absolute atomic E-state index is 5.99. The average molecular weight is 282 g/mol. The summed E-state index contributed by atoms with van der Waals surface area (Å²) in [6.07, 6.45) is 1.87. The van der Waals surface area contributed by atoms with Gasteiger partial charge in [-0.1, -0.05) is 18.5 Å². The smallest absolute Gasteiger partial charge is 0.134 e. The molecule has 3 nitrogen and oxygen atoms in total. The predicted octanol–water partition coefficient (Wildman–Crippen LogP) is 4.06. The lowest BCUT2D eigenvalue weighted by atomic mass is 10.2. The number of halogens is 1. The highest BCUT2D eigenvalue weighted by molar-refractivity contribution is 7.08. The number of nitrogens with one attached hydrogen (secondary N) is 1. The fourth-order valence-corrected chi connectivity index (χ4v) is 2.70. The average Bonchev–Trinajstić information content (AvgIpc) is 2.72. The lowest BCUT2D eigenvalue weighted by Gasteiger charge is -2.07. The summed E-state index contributed by atoms with van der Waals surface area (Å²) >= 11 is 7.71. The monoisotopic (exact) mass is 281 g/mol. The third-order valence-electron chi connectivity index (χ3n) is 2.64. The number of anilines is 1. The zero-order valence-electron chi connectivity index (χ0n) is 10.5. The molecule has 2 aromatic rings. The Morgan fingerprint density at radius 3 is 2.83 bits per heavy atom. The second-order valence-electron chi connectivity index (χ2n) is 4.18. The molecule has 0 saturated carbocycles. The maximum Gasteiger partial charge on any atom is 0.134 e. The summed E-state index contributed by atoms with van der Waals surface area (Å²) in [7, 11) is 0. The molecule has 0 fully saturated rings. The van der Waals surface area contributed by atoms with Gasteiger partial charge in [0.05, 0.1) is 0 Å². The summed E-state index contributed by atoms with van der Waals surface area (Å²) in [5.74, 6) is 1.60. The van der Waals surface area contributed by atoms with Gasteiger partial charge in [-0.25, -0.2) is 9.97 Å². The fourth-order valence-electron chi connectivity index (χ4n) is 1.64. The lowest BCUT2D eigenvalue weighted by Crippen LogP contribution is -2.04. The van der Waals surface area contributed by atoms with E-state index >= 15 is 0 Å². The van der Waals surface area contributed by atoms with Gasteiger partial charge in [0, 0.05) is 19.0 Å². The van der Waals surface area contributed by atoms with Gasteiger partial charge in [0.2, 0.25) is 0 Å². The standard InChI is InChI=1S/C13H16ClN3S/c1-3-4-12-16-11(14)5-13(17-12)15-6-10-8-18-7-9(10)2/h5,7-8H,3-4,6H2,1-2H3,(H,15,16,17). The highest BCUT2D eigenvalue weighted by Crippen LogP contribution is 2.17. The molecule has 0 bridgehead atoms. The summed E-state index contributed by atoms with van der Waals surface area (Å²) in [4.78, 5) is 8.65. The summed E-state index contributed by atoms with van der Waals surface area (Å²) < 4.78 is 0. The normalized spacial score (nSPS) is 10.6. The molecule has 5 heteroatoms. The number of nitrogens with zero attached hydrogens (tertiary/aromatic N) is 2. The summed E-state index contributed by atoms with van der Waals surface area (Å²) in [5, 5.41) is 8.09. The zero-order valence-corrected chi connectivity index (χ0v) is 12.1. The first-order valence-corrected chi connectivity index (χ1v) is 7.30. The first-order valence-electron chi connectivity index (χ1n) is 5.98. The van der Waals surface area contributed by atoms with Gasteiger partial charge in [-0.3, -0.25) is 0 Å². The maximum atomic E-state index is 5.99. The van der Waals surface area contributed by atoms with Crippen LogP contribution in [0.1, 0.15) is 30.3 Å². The van der Waals surface area contributed by atoms with Gasteiger partial charge in [0.25, 0.3) is 0 Å². The minimum atomic E-state index is 0.498. The number of thiophene rings is 1. The lowest BCUT2D eigenvalue weighted by molar-refractivity contribution is 0.834. The van der Waals surface area contributed by atoms with E-state index in [4.69, 9.17) is 11.6 Å². The van der Waals surface area contributed by atoms with Crippen LogP contribution >= 0.6 is 22.9 Å². The van der Waals surface area contributed by atoms with Crippen LogP contribution < -0.4 is 5.32 Å². The zero-order chi connectivity index (χ0) is 13.0. The molecule has 1 N–H and O–H groups in total. The van der Waals surface area contributed by atoms with E-state index in [9.17, 15) is 0 Å². The Hall–Kier alpha value is -1.13. The SMILES string of the molecule is CCCc1nc(Cl)cc(NCc2cscc2C)n1. The molecule has 0 aliphatic carbocycles. The number of hydrogen-bond acceptors (Lipinski definition) is 4. The fraction of sp³-hybridized carbons (Fsp3) is 0.385. The Labute approximate surface area is 116 Å². The highest BCUT2D eigenvalue weighted by atomic mass is 35.5. The number of aryl methyl sites for hydroxylation is 2. The van der Waals surface area contributed by atoms with Gasteiger partial charge in [-0.2, -0.15) is 11.3 Å². The van der Waals surface area contributed by atoms with Crippen molar-refractivity contribution in [2.75, 3.05) is 5.32 Å². The van der Waals surface area contributed by atoms with Crippen molar-refractivity contribution in [3.8, 4) is 0 Å². The molecule has 18 heavy (non-hydrogen) atoms. The van der Waals surface area contributed by atoms with Crippen LogP contribution in [0.2, 0.25) is 5.15 Å². The van der Waals surface area contributed by atoms with Crippen molar-refractivity contribution in [2.24, 2.45) is 0 Å². The van der Waals surface area contributed by atoms with Crippen molar-refractivity contribution in [1.82, 2.24) is 9.97 Å². The van der Waals surface area contributed by atoms with Gasteiger partial charge < -0.3 is 5.32 Å². The van der Waals surface area contributed by atoms with Crippen LogP contribution in [0.15, 0.2) is 16.8 Å². The van der Waals surface area contributed by atoms with Crippen molar-refractivity contribution in [1.29, 1.82) is 0 Å². The Balaban J connectivity index is 2.07. The van der Waals surface area contributed by atoms with Crippen LogP contribution in [0.5, 0.6) is 0 Å². The minimum absolute atomic E-state index is 0.498. The molecule has 0 aliphatic heterocycles. The first-order chi connectivity index (χ1) is 8.69. The minimum Gasteiger partial charge on any atom is -0.366 e. The van der Waals surface area contributed by atoms with E-state index in [1.165, 1.54) is 11.1 Å². The van der Waals surface area contributed by atoms with Gasteiger partial charge in [-0.05, 0) is 35.2 Å². The number of hydrogen-bond donors (Lipinski definition) is 1. The van der Waals surface area contributed by atoms with E-state index in [0.717, 1.165) is 31.0 Å². The Morgan fingerprint density at radius 2 is 2.17 bits per heavy atom. The van der Waals surface area contributed by atoms with E-state index in [1.54, 1.807) is 17.4 Å². The Kier molecular flexibility index (Phi) is 4.55. The molecule has 2 aromatic heterocycles. The van der Waals surface area contributed by atoms with E-state index in [0.29, 0.717) is 5.15 Å². The Bertz CT molecular complexity index is 525. The highest BCUT2D eigenvalue weighted by Gasteiger charge is 2.04. The second kappa shape index (κ2) is 6.16. The van der Waals surface area contributed by atoms with E-state index in [1.807, 2.05) is 0 Å². The van der Waals surface area contributed by atoms with Crippen LogP contribution in [0.4, 0.5) is 5.82 Å².